The minimum Gasteiger partial charge on any atom is -0.497 e. The van der Waals surface area contributed by atoms with Gasteiger partial charge in [-0.1, -0.05) is 49.7 Å². The molecular weight excluding hydrogens is 402 g/mol. The summed E-state index contributed by atoms with van der Waals surface area (Å²) in [5, 5.41) is 6.15. The van der Waals surface area contributed by atoms with Crippen LogP contribution in [0.15, 0.2) is 48.5 Å². The highest BCUT2D eigenvalue weighted by atomic mass is 35.5. The van der Waals surface area contributed by atoms with Gasteiger partial charge in [-0.05, 0) is 49.8 Å². The number of methoxy groups -OCH3 is 1. The molecule has 0 spiro atoms. The lowest BCUT2D eigenvalue weighted by molar-refractivity contribution is -0.124. The number of halogens is 1. The van der Waals surface area contributed by atoms with E-state index < -0.39 is 6.04 Å². The zero-order valence-electron chi connectivity index (χ0n) is 18.1. The summed E-state index contributed by atoms with van der Waals surface area (Å²) in [5.41, 5.74) is 1.38. The molecule has 0 bridgehead atoms. The lowest BCUT2D eigenvalue weighted by Gasteiger charge is -2.27. The molecule has 2 N–H and O–H groups in total. The number of rotatable bonds is 9. The third-order valence-corrected chi connectivity index (χ3v) is 5.26. The third kappa shape index (κ3) is 6.21. The highest BCUT2D eigenvalue weighted by Crippen LogP contribution is 2.22. The molecule has 0 heterocycles. The van der Waals surface area contributed by atoms with Crippen LogP contribution in [0.25, 0.3) is 0 Å². The van der Waals surface area contributed by atoms with E-state index in [1.165, 1.54) is 0 Å². The molecule has 0 aliphatic rings. The summed E-state index contributed by atoms with van der Waals surface area (Å²) in [6.07, 6.45) is 0. The number of likely N-dealkylation sites (N-methyl/N-ethyl adjacent to an activating group) is 1. The number of nitrogens with one attached hydrogen (secondary N) is 2. The zero-order chi connectivity index (χ0) is 22.3. The van der Waals surface area contributed by atoms with Crippen LogP contribution in [-0.4, -0.2) is 50.5 Å². The molecule has 0 fully saturated rings. The number of hydrogen-bond acceptors (Lipinski definition) is 4. The second-order valence-corrected chi connectivity index (χ2v) is 8.08. The van der Waals surface area contributed by atoms with Crippen LogP contribution < -0.4 is 15.4 Å². The molecule has 2 aromatic rings. The Bertz CT molecular complexity index is 870. The molecule has 0 saturated heterocycles. The molecule has 7 heteroatoms. The SMILES string of the molecule is COc1cccc(C(CNC(=O)C(NC(=O)c2ccccc2Cl)C(C)C)N(C)C)c1. The lowest BCUT2D eigenvalue weighted by Crippen LogP contribution is -2.51. The summed E-state index contributed by atoms with van der Waals surface area (Å²) in [4.78, 5) is 27.6. The Hall–Kier alpha value is -2.57. The fourth-order valence-corrected chi connectivity index (χ4v) is 3.38. The van der Waals surface area contributed by atoms with Crippen molar-refractivity contribution in [2.75, 3.05) is 27.7 Å². The van der Waals surface area contributed by atoms with E-state index in [1.54, 1.807) is 31.4 Å². The van der Waals surface area contributed by atoms with Gasteiger partial charge in [-0.2, -0.15) is 0 Å². The molecule has 2 aromatic carbocycles. The van der Waals surface area contributed by atoms with E-state index in [2.05, 4.69) is 10.6 Å². The van der Waals surface area contributed by atoms with Gasteiger partial charge in [0, 0.05) is 6.54 Å². The summed E-state index contributed by atoms with van der Waals surface area (Å²) in [6.45, 7) is 4.18. The first-order valence-corrected chi connectivity index (χ1v) is 10.3. The van der Waals surface area contributed by atoms with Crippen molar-refractivity contribution in [2.45, 2.75) is 25.9 Å². The number of benzene rings is 2. The van der Waals surface area contributed by atoms with Crippen LogP contribution in [0.1, 0.15) is 35.8 Å². The van der Waals surface area contributed by atoms with Crippen LogP contribution in [0.3, 0.4) is 0 Å². The maximum Gasteiger partial charge on any atom is 0.253 e. The van der Waals surface area contributed by atoms with Gasteiger partial charge in [0.25, 0.3) is 5.91 Å². The maximum atomic E-state index is 12.9. The molecule has 162 valence electrons. The van der Waals surface area contributed by atoms with Gasteiger partial charge in [-0.25, -0.2) is 0 Å². The molecule has 30 heavy (non-hydrogen) atoms. The van der Waals surface area contributed by atoms with Crippen molar-refractivity contribution in [3.8, 4) is 5.75 Å². The molecule has 0 aliphatic carbocycles. The van der Waals surface area contributed by atoms with E-state index in [0.29, 0.717) is 17.1 Å². The quantitative estimate of drug-likeness (QED) is 0.637. The Kier molecular flexibility index (Phi) is 8.69. The number of amides is 2. The van der Waals surface area contributed by atoms with Crippen molar-refractivity contribution < 1.29 is 14.3 Å². The monoisotopic (exact) mass is 431 g/mol. The smallest absolute Gasteiger partial charge is 0.253 e. The molecule has 6 nitrogen and oxygen atoms in total. The Morgan fingerprint density at radius 2 is 1.80 bits per heavy atom. The van der Waals surface area contributed by atoms with Gasteiger partial charge >= 0.3 is 0 Å². The van der Waals surface area contributed by atoms with E-state index in [0.717, 1.165) is 11.3 Å². The maximum absolute atomic E-state index is 12.9. The molecular formula is C23H30ClN3O3. The van der Waals surface area contributed by atoms with Crippen LogP contribution >= 0.6 is 11.6 Å². The Labute approximate surface area is 183 Å². The van der Waals surface area contributed by atoms with Crippen molar-refractivity contribution >= 4 is 23.4 Å². The van der Waals surface area contributed by atoms with E-state index in [1.807, 2.05) is 57.1 Å². The normalized spacial score (nSPS) is 13.1. The first-order chi connectivity index (χ1) is 14.2. The Morgan fingerprint density at radius 3 is 2.40 bits per heavy atom. The van der Waals surface area contributed by atoms with E-state index in [-0.39, 0.29) is 23.8 Å². The molecule has 0 saturated carbocycles. The number of ether oxygens (including phenoxy) is 1. The van der Waals surface area contributed by atoms with Gasteiger partial charge in [-0.15, -0.1) is 0 Å². The lowest BCUT2D eigenvalue weighted by atomic mass is 10.0. The first-order valence-electron chi connectivity index (χ1n) is 9.88. The van der Waals surface area contributed by atoms with Crippen LogP contribution in [0.2, 0.25) is 5.02 Å². The Morgan fingerprint density at radius 1 is 1.10 bits per heavy atom. The molecule has 0 aliphatic heterocycles. The second-order valence-electron chi connectivity index (χ2n) is 7.68. The van der Waals surface area contributed by atoms with Gasteiger partial charge in [0.15, 0.2) is 0 Å². The van der Waals surface area contributed by atoms with Gasteiger partial charge in [-0.3, -0.25) is 9.59 Å². The van der Waals surface area contributed by atoms with Crippen molar-refractivity contribution in [3.63, 3.8) is 0 Å². The molecule has 0 aromatic heterocycles. The van der Waals surface area contributed by atoms with E-state index in [4.69, 9.17) is 16.3 Å². The van der Waals surface area contributed by atoms with Crippen LogP contribution in [0, 0.1) is 5.92 Å². The fourth-order valence-electron chi connectivity index (χ4n) is 3.15. The predicted octanol–water partition coefficient (Wildman–Crippen LogP) is 3.52. The summed E-state index contributed by atoms with van der Waals surface area (Å²) in [6, 6.07) is 13.8. The van der Waals surface area contributed by atoms with Gasteiger partial charge < -0.3 is 20.3 Å². The van der Waals surface area contributed by atoms with Gasteiger partial charge in [0.05, 0.1) is 23.7 Å². The van der Waals surface area contributed by atoms with Crippen LogP contribution in [0.4, 0.5) is 0 Å². The van der Waals surface area contributed by atoms with Crippen molar-refractivity contribution in [3.05, 3.63) is 64.7 Å². The highest BCUT2D eigenvalue weighted by molar-refractivity contribution is 6.33. The Balaban J connectivity index is 2.09. The molecule has 2 atom stereocenters. The van der Waals surface area contributed by atoms with Gasteiger partial charge in [0.1, 0.15) is 11.8 Å². The minimum atomic E-state index is -0.679. The zero-order valence-corrected chi connectivity index (χ0v) is 18.9. The van der Waals surface area contributed by atoms with E-state index >= 15 is 0 Å². The summed E-state index contributed by atoms with van der Waals surface area (Å²) in [7, 11) is 5.53. The average molecular weight is 432 g/mol. The number of nitrogens with zero attached hydrogens (tertiary/aromatic N) is 1. The number of hydrogen-bond donors (Lipinski definition) is 2. The summed E-state index contributed by atoms with van der Waals surface area (Å²) >= 11 is 6.11. The van der Waals surface area contributed by atoms with Gasteiger partial charge in [0.2, 0.25) is 5.91 Å². The fraction of sp³-hybridized carbons (Fsp3) is 0.391. The minimum absolute atomic E-state index is 0.0452. The predicted molar refractivity (Wildman–Crippen MR) is 120 cm³/mol. The number of carbonyl (C=O) groups is 2. The van der Waals surface area contributed by atoms with Crippen LogP contribution in [-0.2, 0) is 4.79 Å². The molecule has 2 rings (SSSR count). The highest BCUT2D eigenvalue weighted by Gasteiger charge is 2.26. The summed E-state index contributed by atoms with van der Waals surface area (Å²) < 4.78 is 5.31. The summed E-state index contributed by atoms with van der Waals surface area (Å²) in [5.74, 6) is 0.0651. The first kappa shape index (κ1) is 23.7. The molecule has 2 unspecified atom stereocenters. The number of carbonyl (C=O) groups excluding carboxylic acids is 2. The average Bonchev–Trinajstić information content (AvgIpc) is 2.71. The van der Waals surface area contributed by atoms with Crippen molar-refractivity contribution in [1.29, 1.82) is 0 Å². The van der Waals surface area contributed by atoms with Crippen molar-refractivity contribution in [1.82, 2.24) is 15.5 Å². The van der Waals surface area contributed by atoms with Crippen molar-refractivity contribution in [2.24, 2.45) is 5.92 Å². The van der Waals surface area contributed by atoms with Crippen LogP contribution in [0.5, 0.6) is 5.75 Å². The molecule has 0 radical (unpaired) electrons. The third-order valence-electron chi connectivity index (χ3n) is 4.93. The van der Waals surface area contributed by atoms with E-state index in [9.17, 15) is 9.59 Å². The topological polar surface area (TPSA) is 70.7 Å². The molecule has 2 amide bonds. The standard InChI is InChI=1S/C23H30ClN3O3/c1-15(2)21(26-22(28)18-11-6-7-12-19(18)24)23(29)25-14-20(27(3)4)16-9-8-10-17(13-16)30-5/h6-13,15,20-21H,14H2,1-5H3,(H,25,29)(H,26,28). The second kappa shape index (κ2) is 11.0. The largest absolute Gasteiger partial charge is 0.497 e.